The Labute approximate surface area is 242 Å². The van der Waals surface area contributed by atoms with Gasteiger partial charge >= 0.3 is 0 Å². The Bertz CT molecular complexity index is 1310. The maximum atomic E-state index is 14.0. The van der Waals surface area contributed by atoms with Gasteiger partial charge in [-0.3, -0.25) is 4.79 Å². The number of aliphatic hydroxyl groups is 1. The molecule has 0 heterocycles. The topological polar surface area (TPSA) is 73.4 Å². The van der Waals surface area contributed by atoms with Crippen molar-refractivity contribution in [2.24, 2.45) is 0 Å². The number of hydrogen-bond acceptors (Lipinski definition) is 4. The summed E-state index contributed by atoms with van der Waals surface area (Å²) in [6, 6.07) is 18.2. The molecule has 1 amide bonds. The van der Waals surface area contributed by atoms with E-state index in [-0.39, 0.29) is 29.8 Å². The van der Waals surface area contributed by atoms with Crippen LogP contribution in [0.5, 0.6) is 0 Å². The van der Waals surface area contributed by atoms with E-state index in [1.807, 2.05) is 6.07 Å². The van der Waals surface area contributed by atoms with E-state index in [1.165, 1.54) is 29.7 Å². The van der Waals surface area contributed by atoms with Crippen molar-refractivity contribution in [3.63, 3.8) is 0 Å². The van der Waals surface area contributed by atoms with E-state index in [0.717, 1.165) is 37.4 Å². The number of hydrogen-bond donors (Lipinski definition) is 4. The second kappa shape index (κ2) is 13.1. The van der Waals surface area contributed by atoms with E-state index in [1.54, 1.807) is 25.2 Å². The highest BCUT2D eigenvalue weighted by Gasteiger charge is 2.35. The monoisotopic (exact) mass is 563 g/mol. The number of carbonyl (C=O) groups is 1. The first-order valence-corrected chi connectivity index (χ1v) is 14.6. The minimum Gasteiger partial charge on any atom is -0.390 e. The molecule has 2 atom stereocenters. The Hall–Kier alpha value is -3.29. The maximum absolute atomic E-state index is 14.0. The first kappa shape index (κ1) is 30.7. The van der Waals surface area contributed by atoms with Crippen molar-refractivity contribution in [1.82, 2.24) is 10.6 Å². The Morgan fingerprint density at radius 3 is 2.29 bits per heavy atom. The molecule has 0 saturated heterocycles. The molecule has 3 aromatic carbocycles. The second-order valence-electron chi connectivity index (χ2n) is 12.3. The zero-order valence-corrected chi connectivity index (χ0v) is 24.6. The minimum atomic E-state index is -1.01. The average Bonchev–Trinajstić information content (AvgIpc) is 2.95. The maximum Gasteiger partial charge on any atom is 0.251 e. The highest BCUT2D eigenvalue weighted by atomic mass is 19.1. The molecule has 4 N–H and O–H groups in total. The number of benzene rings is 3. The minimum absolute atomic E-state index is 0.00554. The number of amides is 1. The molecule has 5 nitrogen and oxygen atoms in total. The van der Waals surface area contributed by atoms with Crippen molar-refractivity contribution in [3.05, 3.63) is 101 Å². The summed E-state index contributed by atoms with van der Waals surface area (Å²) in [5.41, 5.74) is 3.72. The zero-order chi connectivity index (χ0) is 29.6. The Kier molecular flexibility index (Phi) is 9.82. The van der Waals surface area contributed by atoms with Gasteiger partial charge in [0.25, 0.3) is 5.91 Å². The van der Waals surface area contributed by atoms with Gasteiger partial charge in [-0.1, -0.05) is 70.4 Å². The molecule has 0 aliphatic heterocycles. The summed E-state index contributed by atoms with van der Waals surface area (Å²) in [4.78, 5) is 13.3. The molecule has 0 bridgehead atoms. The van der Waals surface area contributed by atoms with Gasteiger partial charge in [-0.15, -0.1) is 0 Å². The number of rotatable bonds is 10. The van der Waals surface area contributed by atoms with Crippen LogP contribution < -0.4 is 16.0 Å². The third-order valence-electron chi connectivity index (χ3n) is 8.21. The number of nitrogens with one attached hydrogen (secondary N) is 3. The van der Waals surface area contributed by atoms with Gasteiger partial charge in [0.1, 0.15) is 11.6 Å². The number of halogens is 2. The molecule has 3 aromatic rings. The van der Waals surface area contributed by atoms with E-state index in [4.69, 9.17) is 0 Å². The van der Waals surface area contributed by atoms with Crippen molar-refractivity contribution in [2.75, 3.05) is 18.9 Å². The van der Waals surface area contributed by atoms with Gasteiger partial charge in [0.05, 0.1) is 12.1 Å². The van der Waals surface area contributed by atoms with Crippen LogP contribution in [0.3, 0.4) is 0 Å². The fourth-order valence-electron chi connectivity index (χ4n) is 5.78. The molecule has 0 radical (unpaired) electrons. The van der Waals surface area contributed by atoms with E-state index in [0.29, 0.717) is 11.1 Å². The molecular weight excluding hydrogens is 520 g/mol. The predicted octanol–water partition coefficient (Wildman–Crippen LogP) is 6.46. The highest BCUT2D eigenvalue weighted by Crippen LogP contribution is 2.38. The second-order valence-corrected chi connectivity index (χ2v) is 12.3. The molecule has 0 aromatic heterocycles. The Morgan fingerprint density at radius 1 is 0.951 bits per heavy atom. The molecule has 220 valence electrons. The van der Waals surface area contributed by atoms with Crippen LogP contribution in [0.25, 0.3) is 0 Å². The van der Waals surface area contributed by atoms with Crippen molar-refractivity contribution < 1.29 is 18.7 Å². The molecule has 1 aliphatic rings. The standard InChI is InChI=1S/C34H43F2N3O2/c1-33(2,3)25-11-9-12-26(20-25)34(14-6-5-7-15-34)38-22-31(40)30(18-23-16-27(35)21-28(36)17-23)39-32(41)24-10-8-13-29(19-24)37-4/h8-13,16-17,19-21,30-31,37-38,40H,5-7,14-15,18,22H2,1-4H3,(H,39,41). The third-order valence-corrected chi connectivity index (χ3v) is 8.21. The number of aliphatic hydroxyl groups excluding tert-OH is 1. The van der Waals surface area contributed by atoms with E-state index < -0.39 is 23.8 Å². The smallest absolute Gasteiger partial charge is 0.251 e. The fourth-order valence-corrected chi connectivity index (χ4v) is 5.78. The molecule has 1 aliphatic carbocycles. The van der Waals surface area contributed by atoms with Crippen LogP contribution in [-0.4, -0.2) is 36.8 Å². The molecule has 41 heavy (non-hydrogen) atoms. The third kappa shape index (κ3) is 7.92. The van der Waals surface area contributed by atoms with Crippen molar-refractivity contribution >= 4 is 11.6 Å². The lowest BCUT2D eigenvalue weighted by atomic mass is 9.74. The van der Waals surface area contributed by atoms with Crippen molar-refractivity contribution in [2.45, 2.75) is 82.4 Å². The molecule has 2 unspecified atom stereocenters. The zero-order valence-electron chi connectivity index (χ0n) is 24.6. The summed E-state index contributed by atoms with van der Waals surface area (Å²) in [5, 5.41) is 21.2. The van der Waals surface area contributed by atoms with Gasteiger partial charge in [-0.05, 0) is 71.7 Å². The van der Waals surface area contributed by atoms with Crippen LogP contribution in [0.1, 0.15) is 79.9 Å². The van der Waals surface area contributed by atoms with Gasteiger partial charge in [-0.25, -0.2) is 8.78 Å². The summed E-state index contributed by atoms with van der Waals surface area (Å²) < 4.78 is 28.1. The summed E-state index contributed by atoms with van der Waals surface area (Å²) in [6.07, 6.45) is 4.26. The Morgan fingerprint density at radius 2 is 1.63 bits per heavy atom. The van der Waals surface area contributed by atoms with Crippen molar-refractivity contribution in [3.8, 4) is 0 Å². The highest BCUT2D eigenvalue weighted by molar-refractivity contribution is 5.95. The molecule has 0 spiro atoms. The van der Waals surface area contributed by atoms with E-state index in [9.17, 15) is 18.7 Å². The Balaban J connectivity index is 1.59. The van der Waals surface area contributed by atoms with Gasteiger partial charge in [0, 0.05) is 36.4 Å². The van der Waals surface area contributed by atoms with Gasteiger partial charge in [-0.2, -0.15) is 0 Å². The first-order valence-electron chi connectivity index (χ1n) is 14.6. The lowest BCUT2D eigenvalue weighted by Gasteiger charge is -2.41. The normalized spacial score (nSPS) is 16.6. The number of anilines is 1. The quantitative estimate of drug-likeness (QED) is 0.229. The van der Waals surface area contributed by atoms with Gasteiger partial charge in [0.15, 0.2) is 0 Å². The van der Waals surface area contributed by atoms with Gasteiger partial charge in [0.2, 0.25) is 0 Å². The van der Waals surface area contributed by atoms with Crippen LogP contribution in [-0.2, 0) is 17.4 Å². The van der Waals surface area contributed by atoms with Crippen molar-refractivity contribution in [1.29, 1.82) is 0 Å². The molecule has 1 saturated carbocycles. The van der Waals surface area contributed by atoms with Crippen LogP contribution in [0.4, 0.5) is 14.5 Å². The molecular formula is C34H43F2N3O2. The molecule has 1 fully saturated rings. The predicted molar refractivity (Wildman–Crippen MR) is 161 cm³/mol. The molecule has 4 rings (SSSR count). The van der Waals surface area contributed by atoms with E-state index >= 15 is 0 Å². The SMILES string of the molecule is CNc1cccc(C(=O)NC(Cc2cc(F)cc(F)c2)C(O)CNC2(c3cccc(C(C)(C)C)c3)CCCCC2)c1. The summed E-state index contributed by atoms with van der Waals surface area (Å²) >= 11 is 0. The van der Waals surface area contributed by atoms with Crippen LogP contribution >= 0.6 is 0 Å². The van der Waals surface area contributed by atoms with Crippen LogP contribution in [0.15, 0.2) is 66.7 Å². The van der Waals surface area contributed by atoms with Crippen LogP contribution in [0, 0.1) is 11.6 Å². The van der Waals surface area contributed by atoms with Crippen LogP contribution in [0.2, 0.25) is 0 Å². The largest absolute Gasteiger partial charge is 0.390 e. The van der Waals surface area contributed by atoms with E-state index in [2.05, 4.69) is 61.0 Å². The lowest BCUT2D eigenvalue weighted by Crippen LogP contribution is -2.53. The lowest BCUT2D eigenvalue weighted by molar-refractivity contribution is 0.0788. The number of carbonyl (C=O) groups excluding carboxylic acids is 1. The summed E-state index contributed by atoms with van der Waals surface area (Å²) in [7, 11) is 1.77. The average molecular weight is 564 g/mol. The summed E-state index contributed by atoms with van der Waals surface area (Å²) in [5.74, 6) is -1.76. The molecule has 7 heteroatoms. The fraction of sp³-hybridized carbons (Fsp3) is 0.441. The first-order chi connectivity index (χ1) is 19.5. The van der Waals surface area contributed by atoms with Gasteiger partial charge < -0.3 is 21.1 Å². The summed E-state index contributed by atoms with van der Waals surface area (Å²) in [6.45, 7) is 6.81.